The summed E-state index contributed by atoms with van der Waals surface area (Å²) in [5.41, 5.74) is 4.66. The Balaban J connectivity index is 2.53. The van der Waals surface area contributed by atoms with E-state index in [9.17, 15) is 0 Å². The molecule has 0 heterocycles. The van der Waals surface area contributed by atoms with Gasteiger partial charge in [0.15, 0.2) is 0 Å². The quantitative estimate of drug-likeness (QED) is 0.810. The average Bonchev–Trinajstić information content (AvgIpc) is 2.37. The first-order valence-corrected chi connectivity index (χ1v) is 5.94. The highest BCUT2D eigenvalue weighted by molar-refractivity contribution is 5.68. The van der Waals surface area contributed by atoms with Gasteiger partial charge in [0, 0.05) is 0 Å². The molecule has 2 heteroatoms. The van der Waals surface area contributed by atoms with Crippen molar-refractivity contribution in [2.24, 2.45) is 0 Å². The molecule has 0 aliphatic rings. The zero-order valence-corrected chi connectivity index (χ0v) is 11.3. The third kappa shape index (κ3) is 2.65. The second-order valence-corrected chi connectivity index (χ2v) is 4.48. The highest BCUT2D eigenvalue weighted by atomic mass is 16.5. The maximum atomic E-state index is 5.31. The van der Waals surface area contributed by atoms with Crippen LogP contribution in [0.4, 0.5) is 0 Å². The lowest BCUT2D eigenvalue weighted by molar-refractivity contribution is 0.414. The maximum absolute atomic E-state index is 5.31. The second kappa shape index (κ2) is 5.13. The van der Waals surface area contributed by atoms with Crippen molar-refractivity contribution in [3.05, 3.63) is 47.5 Å². The molecule has 0 amide bonds. The first-order valence-electron chi connectivity index (χ1n) is 5.94. The number of aryl methyl sites for hydroxylation is 2. The van der Waals surface area contributed by atoms with Crippen LogP contribution in [0, 0.1) is 13.8 Å². The van der Waals surface area contributed by atoms with Crippen LogP contribution < -0.4 is 9.47 Å². The molecule has 94 valence electrons. The molecular formula is C16H18O2. The number of hydrogen-bond donors (Lipinski definition) is 0. The van der Waals surface area contributed by atoms with E-state index in [0.717, 1.165) is 22.6 Å². The van der Waals surface area contributed by atoms with Crippen molar-refractivity contribution >= 4 is 0 Å². The normalized spacial score (nSPS) is 10.2. The zero-order chi connectivity index (χ0) is 13.1. The minimum Gasteiger partial charge on any atom is -0.497 e. The second-order valence-electron chi connectivity index (χ2n) is 4.48. The molecule has 0 saturated carbocycles. The molecule has 0 spiro atoms. The molecule has 0 radical (unpaired) electrons. The smallest absolute Gasteiger partial charge is 0.119 e. The van der Waals surface area contributed by atoms with Gasteiger partial charge >= 0.3 is 0 Å². The van der Waals surface area contributed by atoms with E-state index >= 15 is 0 Å². The van der Waals surface area contributed by atoms with E-state index in [2.05, 4.69) is 26.0 Å². The molecule has 0 unspecified atom stereocenters. The minimum absolute atomic E-state index is 0.880. The number of rotatable bonds is 3. The Morgan fingerprint density at radius 3 is 1.33 bits per heavy atom. The van der Waals surface area contributed by atoms with Crippen LogP contribution in [-0.2, 0) is 0 Å². The first-order chi connectivity index (χ1) is 8.62. The van der Waals surface area contributed by atoms with E-state index in [1.54, 1.807) is 14.2 Å². The standard InChI is InChI=1S/C16H18O2/c1-11-5-13(9-15(7-11)17-3)14-6-12(2)8-16(10-14)18-4/h5-10H,1-4H3. The van der Waals surface area contributed by atoms with Crippen molar-refractivity contribution in [1.82, 2.24) is 0 Å². The lowest BCUT2D eigenvalue weighted by Gasteiger charge is -2.10. The van der Waals surface area contributed by atoms with Crippen LogP contribution in [0.25, 0.3) is 11.1 Å². The zero-order valence-electron chi connectivity index (χ0n) is 11.3. The summed E-state index contributed by atoms with van der Waals surface area (Å²) in [6, 6.07) is 12.4. The summed E-state index contributed by atoms with van der Waals surface area (Å²) in [5.74, 6) is 1.76. The van der Waals surface area contributed by atoms with E-state index < -0.39 is 0 Å². The Bertz CT molecular complexity index is 508. The predicted octanol–water partition coefficient (Wildman–Crippen LogP) is 3.99. The van der Waals surface area contributed by atoms with Crippen LogP contribution in [0.2, 0.25) is 0 Å². The largest absolute Gasteiger partial charge is 0.497 e. The van der Waals surface area contributed by atoms with E-state index in [1.165, 1.54) is 11.1 Å². The van der Waals surface area contributed by atoms with Gasteiger partial charge in [-0.2, -0.15) is 0 Å². The van der Waals surface area contributed by atoms with Crippen molar-refractivity contribution in [2.75, 3.05) is 14.2 Å². The minimum atomic E-state index is 0.880. The highest BCUT2D eigenvalue weighted by Crippen LogP contribution is 2.29. The summed E-state index contributed by atoms with van der Waals surface area (Å²) in [6.45, 7) is 4.14. The molecule has 0 aliphatic heterocycles. The molecule has 0 aromatic heterocycles. The molecule has 2 rings (SSSR count). The number of hydrogen-bond acceptors (Lipinski definition) is 2. The molecule has 0 bridgehead atoms. The third-order valence-corrected chi connectivity index (χ3v) is 2.91. The summed E-state index contributed by atoms with van der Waals surface area (Å²) >= 11 is 0. The Labute approximate surface area is 108 Å². The van der Waals surface area contributed by atoms with Crippen LogP contribution in [0.3, 0.4) is 0 Å². The summed E-state index contributed by atoms with van der Waals surface area (Å²) in [5, 5.41) is 0. The third-order valence-electron chi connectivity index (χ3n) is 2.91. The Morgan fingerprint density at radius 2 is 1.00 bits per heavy atom. The Morgan fingerprint density at radius 1 is 0.611 bits per heavy atom. The summed E-state index contributed by atoms with van der Waals surface area (Å²) in [6.07, 6.45) is 0. The van der Waals surface area contributed by atoms with Gasteiger partial charge < -0.3 is 9.47 Å². The molecule has 2 aromatic carbocycles. The molecule has 2 aromatic rings. The number of ether oxygens (including phenoxy) is 2. The fourth-order valence-electron chi connectivity index (χ4n) is 2.06. The molecule has 0 fully saturated rings. The van der Waals surface area contributed by atoms with Gasteiger partial charge in [-0.15, -0.1) is 0 Å². The van der Waals surface area contributed by atoms with E-state index in [-0.39, 0.29) is 0 Å². The van der Waals surface area contributed by atoms with Crippen LogP contribution in [0.15, 0.2) is 36.4 Å². The lowest BCUT2D eigenvalue weighted by Crippen LogP contribution is -1.89. The fraction of sp³-hybridized carbons (Fsp3) is 0.250. The summed E-state index contributed by atoms with van der Waals surface area (Å²) < 4.78 is 10.6. The van der Waals surface area contributed by atoms with Crippen molar-refractivity contribution < 1.29 is 9.47 Å². The first kappa shape index (κ1) is 12.5. The van der Waals surface area contributed by atoms with Crippen molar-refractivity contribution in [3.63, 3.8) is 0 Å². The molecule has 2 nitrogen and oxygen atoms in total. The molecule has 0 aliphatic carbocycles. The fourth-order valence-corrected chi connectivity index (χ4v) is 2.06. The maximum Gasteiger partial charge on any atom is 0.119 e. The van der Waals surface area contributed by atoms with Gasteiger partial charge in [0.05, 0.1) is 14.2 Å². The molecule has 0 N–H and O–H groups in total. The number of methoxy groups -OCH3 is 2. The lowest BCUT2D eigenvalue weighted by atomic mass is 10.0. The van der Waals surface area contributed by atoms with Gasteiger partial charge in [0.1, 0.15) is 11.5 Å². The topological polar surface area (TPSA) is 18.5 Å². The summed E-state index contributed by atoms with van der Waals surface area (Å²) in [7, 11) is 3.38. The van der Waals surface area contributed by atoms with Gasteiger partial charge in [-0.25, -0.2) is 0 Å². The van der Waals surface area contributed by atoms with E-state index in [1.807, 2.05) is 24.3 Å². The average molecular weight is 242 g/mol. The van der Waals surface area contributed by atoms with Gasteiger partial charge in [0.2, 0.25) is 0 Å². The van der Waals surface area contributed by atoms with Gasteiger partial charge in [0.25, 0.3) is 0 Å². The van der Waals surface area contributed by atoms with Gasteiger partial charge in [-0.05, 0) is 60.4 Å². The van der Waals surface area contributed by atoms with Crippen LogP contribution in [-0.4, -0.2) is 14.2 Å². The van der Waals surface area contributed by atoms with E-state index in [0.29, 0.717) is 0 Å². The monoisotopic (exact) mass is 242 g/mol. The van der Waals surface area contributed by atoms with Crippen LogP contribution in [0.1, 0.15) is 11.1 Å². The highest BCUT2D eigenvalue weighted by Gasteiger charge is 2.04. The number of benzene rings is 2. The van der Waals surface area contributed by atoms with Crippen LogP contribution >= 0.6 is 0 Å². The van der Waals surface area contributed by atoms with Crippen molar-refractivity contribution in [3.8, 4) is 22.6 Å². The van der Waals surface area contributed by atoms with E-state index in [4.69, 9.17) is 9.47 Å². The van der Waals surface area contributed by atoms with Gasteiger partial charge in [-0.1, -0.05) is 12.1 Å². The van der Waals surface area contributed by atoms with Crippen LogP contribution in [0.5, 0.6) is 11.5 Å². The molecular weight excluding hydrogens is 224 g/mol. The predicted molar refractivity (Wildman–Crippen MR) is 74.5 cm³/mol. The molecule has 18 heavy (non-hydrogen) atoms. The Kier molecular flexibility index (Phi) is 3.56. The molecule has 0 atom stereocenters. The van der Waals surface area contributed by atoms with Gasteiger partial charge in [-0.3, -0.25) is 0 Å². The van der Waals surface area contributed by atoms with Crippen molar-refractivity contribution in [1.29, 1.82) is 0 Å². The Hall–Kier alpha value is -1.96. The van der Waals surface area contributed by atoms with Crippen molar-refractivity contribution in [2.45, 2.75) is 13.8 Å². The SMILES string of the molecule is COc1cc(C)cc(-c2cc(C)cc(OC)c2)c1. The molecule has 0 saturated heterocycles. The summed E-state index contributed by atoms with van der Waals surface area (Å²) in [4.78, 5) is 0.